The molecule has 0 unspecified atom stereocenters. The monoisotopic (exact) mass is 645 g/mol. The van der Waals surface area contributed by atoms with Crippen LogP contribution in [0.1, 0.15) is 82.6 Å². The van der Waals surface area contributed by atoms with Gasteiger partial charge in [-0.3, -0.25) is 9.59 Å². The van der Waals surface area contributed by atoms with Crippen molar-refractivity contribution in [3.8, 4) is 0 Å². The predicted molar refractivity (Wildman–Crippen MR) is 167 cm³/mol. The van der Waals surface area contributed by atoms with Crippen LogP contribution < -0.4 is 10.6 Å². The normalized spacial score (nSPS) is 23.7. The zero-order chi connectivity index (χ0) is 30.0. The maximum absolute atomic E-state index is 13.9. The molecule has 7 nitrogen and oxygen atoms in total. The lowest BCUT2D eigenvalue weighted by atomic mass is 9.79. The summed E-state index contributed by atoms with van der Waals surface area (Å²) >= 11 is 3.52. The van der Waals surface area contributed by atoms with Crippen LogP contribution in [0.15, 0.2) is 57.9 Å². The van der Waals surface area contributed by atoms with Gasteiger partial charge in [0.15, 0.2) is 9.84 Å². The average molecular weight is 647 g/mol. The summed E-state index contributed by atoms with van der Waals surface area (Å²) in [5.74, 6) is -0.0892. The molecule has 1 heterocycles. The van der Waals surface area contributed by atoms with Crippen LogP contribution in [-0.2, 0) is 20.0 Å². The first-order valence-electron chi connectivity index (χ1n) is 14.6. The zero-order valence-corrected chi connectivity index (χ0v) is 27.3. The number of likely N-dealkylation sites (tertiary alicyclic amines) is 1. The summed E-state index contributed by atoms with van der Waals surface area (Å²) in [6.45, 7) is 11.9. The highest BCUT2D eigenvalue weighted by molar-refractivity contribution is 9.10. The Balaban J connectivity index is 1.55. The fourth-order valence-electron chi connectivity index (χ4n) is 6.00. The van der Waals surface area contributed by atoms with E-state index < -0.39 is 21.4 Å². The molecule has 2 aromatic carbocycles. The Kier molecular flexibility index (Phi) is 9.71. The van der Waals surface area contributed by atoms with Gasteiger partial charge in [-0.25, -0.2) is 8.42 Å². The summed E-state index contributed by atoms with van der Waals surface area (Å²) in [5, 5.41) is 6.57. The second-order valence-corrected chi connectivity index (χ2v) is 16.1. The molecular weight excluding hydrogens is 602 g/mol. The molecule has 0 radical (unpaired) electrons. The fourth-order valence-corrected chi connectivity index (χ4v) is 8.38. The van der Waals surface area contributed by atoms with Crippen LogP contribution in [0, 0.1) is 5.92 Å². The number of nitrogens with zero attached hydrogens (tertiary/aromatic N) is 1. The van der Waals surface area contributed by atoms with Gasteiger partial charge in [0.05, 0.1) is 16.2 Å². The van der Waals surface area contributed by atoms with Crippen molar-refractivity contribution in [2.75, 3.05) is 18.8 Å². The number of carbonyl (C=O) groups excluding carboxylic acids is 2. The van der Waals surface area contributed by atoms with E-state index in [4.69, 9.17) is 0 Å². The largest absolute Gasteiger partial charge is 0.340 e. The van der Waals surface area contributed by atoms with Gasteiger partial charge in [0.25, 0.3) is 5.91 Å². The molecule has 2 N–H and O–H groups in total. The van der Waals surface area contributed by atoms with Gasteiger partial charge < -0.3 is 15.5 Å². The van der Waals surface area contributed by atoms with Crippen LogP contribution in [0.25, 0.3) is 0 Å². The molecule has 224 valence electrons. The Morgan fingerprint density at radius 3 is 2.34 bits per heavy atom. The van der Waals surface area contributed by atoms with E-state index in [1.165, 1.54) is 0 Å². The minimum atomic E-state index is -3.64. The minimum absolute atomic E-state index is 0.117. The van der Waals surface area contributed by atoms with Gasteiger partial charge in [-0.1, -0.05) is 68.7 Å². The van der Waals surface area contributed by atoms with E-state index in [9.17, 15) is 18.0 Å². The number of nitrogens with one attached hydrogen (secondary N) is 2. The standard InChI is InChI=1S/C32H44BrN3O4S/c1-22(2)20-34-26-11-14-32(15-12-26,21-41(39,40)27-9-7-6-8-10-27)36-16-13-28(30(36)38)35-29(37)23-17-24(31(3,4)5)19-25(33)18-23/h6-10,17-19,22,26,28,34H,11-16,20-21H2,1-5H3,(H,35,37)/t26?,28-,32?/m0/s1. The van der Waals surface area contributed by atoms with E-state index in [2.05, 4.69) is 61.2 Å². The van der Waals surface area contributed by atoms with Crippen molar-refractivity contribution in [3.63, 3.8) is 0 Å². The molecule has 1 aliphatic carbocycles. The lowest BCUT2D eigenvalue weighted by molar-refractivity contribution is -0.135. The molecule has 0 bridgehead atoms. The van der Waals surface area contributed by atoms with E-state index in [0.29, 0.717) is 43.3 Å². The third-order valence-electron chi connectivity index (χ3n) is 8.40. The minimum Gasteiger partial charge on any atom is -0.340 e. The van der Waals surface area contributed by atoms with Crippen LogP contribution >= 0.6 is 15.9 Å². The first-order valence-corrected chi connectivity index (χ1v) is 17.1. The van der Waals surface area contributed by atoms with Crippen molar-refractivity contribution >= 4 is 37.6 Å². The van der Waals surface area contributed by atoms with Gasteiger partial charge in [-0.2, -0.15) is 0 Å². The van der Waals surface area contributed by atoms with Gasteiger partial charge in [-0.15, -0.1) is 0 Å². The highest BCUT2D eigenvalue weighted by Crippen LogP contribution is 2.39. The molecule has 1 aliphatic heterocycles. The van der Waals surface area contributed by atoms with Gasteiger partial charge in [0.1, 0.15) is 6.04 Å². The van der Waals surface area contributed by atoms with Crippen molar-refractivity contribution in [2.24, 2.45) is 5.92 Å². The third-order valence-corrected chi connectivity index (χ3v) is 10.8. The van der Waals surface area contributed by atoms with Crippen molar-refractivity contribution in [1.82, 2.24) is 15.5 Å². The molecule has 9 heteroatoms. The van der Waals surface area contributed by atoms with Crippen molar-refractivity contribution in [3.05, 3.63) is 64.1 Å². The topological polar surface area (TPSA) is 95.6 Å². The fraction of sp³-hybridized carbons (Fsp3) is 0.562. The van der Waals surface area contributed by atoms with E-state index in [1.807, 2.05) is 12.1 Å². The molecule has 0 spiro atoms. The molecule has 1 saturated heterocycles. The molecule has 2 aromatic rings. The Morgan fingerprint density at radius 2 is 1.73 bits per heavy atom. The number of sulfone groups is 1. The molecule has 2 fully saturated rings. The number of benzene rings is 2. The van der Waals surface area contributed by atoms with Crippen molar-refractivity contribution in [2.45, 2.75) is 94.7 Å². The summed E-state index contributed by atoms with van der Waals surface area (Å²) in [4.78, 5) is 29.3. The third kappa shape index (κ3) is 7.59. The van der Waals surface area contributed by atoms with Gasteiger partial charge in [0.2, 0.25) is 5.91 Å². The Morgan fingerprint density at radius 1 is 1.07 bits per heavy atom. The lowest BCUT2D eigenvalue weighted by Crippen LogP contribution is -2.58. The highest BCUT2D eigenvalue weighted by atomic mass is 79.9. The summed E-state index contributed by atoms with van der Waals surface area (Å²) < 4.78 is 28.1. The van der Waals surface area contributed by atoms with E-state index in [-0.39, 0.29) is 27.9 Å². The number of carbonyl (C=O) groups is 2. The number of hydrogen-bond acceptors (Lipinski definition) is 5. The average Bonchev–Trinajstić information content (AvgIpc) is 3.28. The molecule has 0 aromatic heterocycles. The van der Waals surface area contributed by atoms with Crippen LogP contribution in [0.3, 0.4) is 0 Å². The SMILES string of the molecule is CC(C)CNC1CCC(CS(=O)(=O)c2ccccc2)(N2CC[C@H](NC(=O)c3cc(Br)cc(C(C)(C)C)c3)C2=O)CC1. The predicted octanol–water partition coefficient (Wildman–Crippen LogP) is 5.48. The smallest absolute Gasteiger partial charge is 0.251 e. The molecule has 2 aliphatic rings. The van der Waals surface area contributed by atoms with Gasteiger partial charge in [-0.05, 0) is 85.9 Å². The molecular formula is C32H44BrN3O4S. The second kappa shape index (κ2) is 12.6. The number of amides is 2. The Labute approximate surface area is 253 Å². The Hall–Kier alpha value is -2.23. The molecule has 1 atom stereocenters. The quantitative estimate of drug-likeness (QED) is 0.377. The Bertz CT molecular complexity index is 1350. The van der Waals surface area contributed by atoms with Crippen LogP contribution in [0.2, 0.25) is 0 Å². The van der Waals surface area contributed by atoms with Gasteiger partial charge >= 0.3 is 0 Å². The first-order chi connectivity index (χ1) is 19.2. The highest BCUT2D eigenvalue weighted by Gasteiger charge is 2.49. The summed E-state index contributed by atoms with van der Waals surface area (Å²) in [5.41, 5.74) is 0.562. The second-order valence-electron chi connectivity index (χ2n) is 13.2. The van der Waals surface area contributed by atoms with Gasteiger partial charge in [0, 0.05) is 22.6 Å². The summed E-state index contributed by atoms with van der Waals surface area (Å²) in [7, 11) is -3.64. The number of rotatable bonds is 9. The molecule has 41 heavy (non-hydrogen) atoms. The zero-order valence-electron chi connectivity index (χ0n) is 24.9. The van der Waals surface area contributed by atoms with Crippen LogP contribution in [0.4, 0.5) is 0 Å². The van der Waals surface area contributed by atoms with Crippen LogP contribution in [-0.4, -0.2) is 61.6 Å². The summed E-state index contributed by atoms with van der Waals surface area (Å²) in [6, 6.07) is 13.7. The van der Waals surface area contributed by atoms with E-state index in [0.717, 1.165) is 29.4 Å². The van der Waals surface area contributed by atoms with E-state index >= 15 is 0 Å². The van der Waals surface area contributed by atoms with Crippen molar-refractivity contribution in [1.29, 1.82) is 0 Å². The maximum Gasteiger partial charge on any atom is 0.251 e. The number of hydrogen-bond donors (Lipinski definition) is 2. The molecule has 2 amide bonds. The van der Waals surface area contributed by atoms with E-state index in [1.54, 1.807) is 41.3 Å². The number of halogens is 1. The van der Waals surface area contributed by atoms with Crippen molar-refractivity contribution < 1.29 is 18.0 Å². The lowest BCUT2D eigenvalue weighted by Gasteiger charge is -2.46. The van der Waals surface area contributed by atoms with Crippen LogP contribution in [0.5, 0.6) is 0 Å². The first kappa shape index (κ1) is 31.7. The molecule has 4 rings (SSSR count). The summed E-state index contributed by atoms with van der Waals surface area (Å²) in [6.07, 6.45) is 3.24. The maximum atomic E-state index is 13.9. The molecule has 1 saturated carbocycles.